The zero-order chi connectivity index (χ0) is 15.6. The molecule has 2 aromatic rings. The first-order valence-corrected chi connectivity index (χ1v) is 7.06. The van der Waals surface area contributed by atoms with Crippen molar-refractivity contribution in [2.45, 2.75) is 33.1 Å². The summed E-state index contributed by atoms with van der Waals surface area (Å²) >= 11 is 6.01. The van der Waals surface area contributed by atoms with Gasteiger partial charge in [-0.05, 0) is 24.0 Å². The van der Waals surface area contributed by atoms with Gasteiger partial charge < -0.3 is 5.32 Å². The molecule has 4 nitrogen and oxygen atoms in total. The van der Waals surface area contributed by atoms with Crippen molar-refractivity contribution in [2.24, 2.45) is 0 Å². The van der Waals surface area contributed by atoms with E-state index in [9.17, 15) is 4.79 Å². The summed E-state index contributed by atoms with van der Waals surface area (Å²) in [5.41, 5.74) is 2.28. The Morgan fingerprint density at radius 1 is 1.19 bits per heavy atom. The lowest BCUT2D eigenvalue weighted by molar-refractivity contribution is 0.112. The Labute approximate surface area is 129 Å². The normalized spacial score (nSPS) is 11.3. The number of aldehydes is 1. The molecule has 0 aliphatic rings. The van der Waals surface area contributed by atoms with Gasteiger partial charge in [0.2, 0.25) is 0 Å². The van der Waals surface area contributed by atoms with Gasteiger partial charge in [0, 0.05) is 5.69 Å². The van der Waals surface area contributed by atoms with Crippen molar-refractivity contribution in [3.8, 4) is 0 Å². The van der Waals surface area contributed by atoms with Crippen LogP contribution in [0.5, 0.6) is 0 Å². The second-order valence-corrected chi connectivity index (χ2v) is 6.22. The molecule has 1 N–H and O–H groups in total. The van der Waals surface area contributed by atoms with Gasteiger partial charge in [0.05, 0.1) is 5.56 Å². The Hall–Kier alpha value is -1.94. The number of carbonyl (C=O) groups excluding carboxylic acids is 1. The number of aromatic nitrogens is 2. The van der Waals surface area contributed by atoms with Crippen molar-refractivity contribution >= 4 is 29.4 Å². The van der Waals surface area contributed by atoms with Crippen molar-refractivity contribution in [3.63, 3.8) is 0 Å². The second-order valence-electron chi connectivity index (χ2n) is 5.86. The Morgan fingerprint density at radius 2 is 1.86 bits per heavy atom. The van der Waals surface area contributed by atoms with E-state index in [1.807, 2.05) is 18.2 Å². The number of anilines is 2. The van der Waals surface area contributed by atoms with E-state index in [2.05, 4.69) is 42.1 Å². The minimum Gasteiger partial charge on any atom is -0.339 e. The van der Waals surface area contributed by atoms with Crippen molar-refractivity contribution in [1.82, 2.24) is 9.97 Å². The minimum absolute atomic E-state index is 0.0309. The number of carbonyl (C=O) groups is 1. The molecular weight excluding hydrogens is 286 g/mol. The molecule has 0 saturated heterocycles. The van der Waals surface area contributed by atoms with Crippen LogP contribution in [0.1, 0.15) is 42.5 Å². The van der Waals surface area contributed by atoms with Crippen LogP contribution in [-0.2, 0) is 5.41 Å². The molecule has 1 aromatic heterocycles. The Bertz CT molecular complexity index is 678. The summed E-state index contributed by atoms with van der Waals surface area (Å²) in [6, 6.07) is 7.94. The van der Waals surface area contributed by atoms with E-state index in [1.165, 1.54) is 0 Å². The average Bonchev–Trinajstić information content (AvgIpc) is 2.37. The Balaban J connectivity index is 2.51. The Kier molecular flexibility index (Phi) is 4.28. The fraction of sp³-hybridized carbons (Fsp3) is 0.312. The van der Waals surface area contributed by atoms with Crippen molar-refractivity contribution in [3.05, 3.63) is 46.4 Å². The molecule has 0 amide bonds. The first kappa shape index (κ1) is 15.4. The fourth-order valence-corrected chi connectivity index (χ4v) is 2.38. The summed E-state index contributed by atoms with van der Waals surface area (Å²) in [4.78, 5) is 19.5. The number of hydrogen-bond acceptors (Lipinski definition) is 4. The van der Waals surface area contributed by atoms with Gasteiger partial charge in [0.15, 0.2) is 6.29 Å². The van der Waals surface area contributed by atoms with Crippen molar-refractivity contribution < 1.29 is 4.79 Å². The topological polar surface area (TPSA) is 54.9 Å². The van der Waals surface area contributed by atoms with Crippen LogP contribution < -0.4 is 5.32 Å². The van der Waals surface area contributed by atoms with Crippen LogP contribution in [0, 0.1) is 6.92 Å². The predicted molar refractivity (Wildman–Crippen MR) is 85.6 cm³/mol. The highest BCUT2D eigenvalue weighted by atomic mass is 35.5. The highest BCUT2D eigenvalue weighted by molar-refractivity contribution is 6.32. The largest absolute Gasteiger partial charge is 0.339 e. The van der Waals surface area contributed by atoms with E-state index in [0.717, 1.165) is 11.3 Å². The summed E-state index contributed by atoms with van der Waals surface area (Å²) in [5.74, 6) is 0.945. The van der Waals surface area contributed by atoms with Crippen molar-refractivity contribution in [2.75, 3.05) is 5.32 Å². The summed E-state index contributed by atoms with van der Waals surface area (Å²) in [5, 5.41) is 3.37. The third-order valence-corrected chi connectivity index (χ3v) is 3.41. The molecule has 0 aliphatic heterocycles. The lowest BCUT2D eigenvalue weighted by Gasteiger charge is -2.23. The summed E-state index contributed by atoms with van der Waals surface area (Å²) in [7, 11) is 0. The van der Waals surface area contributed by atoms with Gasteiger partial charge in [-0.25, -0.2) is 9.97 Å². The molecule has 21 heavy (non-hydrogen) atoms. The number of hydrogen-bond donors (Lipinski definition) is 1. The number of aryl methyl sites for hydroxylation is 1. The maximum absolute atomic E-state index is 11.2. The van der Waals surface area contributed by atoms with Crippen LogP contribution in [0.4, 0.5) is 11.5 Å². The zero-order valence-electron chi connectivity index (χ0n) is 12.6. The molecule has 0 unspecified atom stereocenters. The zero-order valence-corrected chi connectivity index (χ0v) is 13.3. The van der Waals surface area contributed by atoms with Crippen LogP contribution in [0.15, 0.2) is 24.3 Å². The molecule has 5 heteroatoms. The van der Waals surface area contributed by atoms with Gasteiger partial charge in [0.25, 0.3) is 0 Å². The third-order valence-electron chi connectivity index (χ3n) is 3.12. The van der Waals surface area contributed by atoms with Gasteiger partial charge in [0.1, 0.15) is 16.8 Å². The predicted octanol–water partition coefficient (Wildman–Crippen LogP) is 4.29. The van der Waals surface area contributed by atoms with E-state index in [-0.39, 0.29) is 16.1 Å². The minimum atomic E-state index is -0.0309. The van der Waals surface area contributed by atoms with Crippen molar-refractivity contribution in [1.29, 1.82) is 0 Å². The second kappa shape index (κ2) is 5.82. The monoisotopic (exact) mass is 303 g/mol. The summed E-state index contributed by atoms with van der Waals surface area (Å²) < 4.78 is 0. The highest BCUT2D eigenvalue weighted by Crippen LogP contribution is 2.32. The average molecular weight is 304 g/mol. The van der Waals surface area contributed by atoms with Gasteiger partial charge in [-0.15, -0.1) is 0 Å². The van der Waals surface area contributed by atoms with Crippen LogP contribution >= 0.6 is 11.6 Å². The summed E-state index contributed by atoms with van der Waals surface area (Å²) in [6.45, 7) is 8.13. The molecule has 0 fully saturated rings. The van der Waals surface area contributed by atoms with Crippen LogP contribution in [0.25, 0.3) is 0 Å². The van der Waals surface area contributed by atoms with E-state index in [4.69, 9.17) is 11.6 Å². The number of halogens is 1. The van der Waals surface area contributed by atoms with Crippen LogP contribution in [-0.4, -0.2) is 16.3 Å². The van der Waals surface area contributed by atoms with E-state index in [1.54, 1.807) is 6.92 Å². The first-order chi connectivity index (χ1) is 9.82. The van der Waals surface area contributed by atoms with Gasteiger partial charge >= 0.3 is 0 Å². The standard InChI is InChI=1S/C16H18ClN3O/c1-10-18-14(17)11(9-21)15(19-10)20-13-8-6-5-7-12(13)16(2,3)4/h5-9H,1-4H3,(H,18,19,20). The molecular formula is C16H18ClN3O. The van der Waals surface area contributed by atoms with Gasteiger partial charge in [-0.1, -0.05) is 50.6 Å². The number of benzene rings is 1. The molecule has 110 valence electrons. The van der Waals surface area contributed by atoms with Gasteiger partial charge in [-0.3, -0.25) is 4.79 Å². The molecule has 0 radical (unpaired) electrons. The molecule has 0 bridgehead atoms. The highest BCUT2D eigenvalue weighted by Gasteiger charge is 2.19. The van der Waals surface area contributed by atoms with Crippen LogP contribution in [0.2, 0.25) is 5.15 Å². The molecule has 1 heterocycles. The number of nitrogens with one attached hydrogen (secondary N) is 1. The number of para-hydroxylation sites is 1. The molecule has 1 aromatic carbocycles. The fourth-order valence-electron chi connectivity index (χ4n) is 2.12. The quantitative estimate of drug-likeness (QED) is 0.679. The number of nitrogens with zero attached hydrogens (tertiary/aromatic N) is 2. The molecule has 0 atom stereocenters. The summed E-state index contributed by atoms with van der Waals surface area (Å²) in [6.07, 6.45) is 0.670. The number of rotatable bonds is 3. The Morgan fingerprint density at radius 3 is 2.48 bits per heavy atom. The smallest absolute Gasteiger partial charge is 0.156 e. The molecule has 0 saturated carbocycles. The molecule has 2 rings (SSSR count). The van der Waals surface area contributed by atoms with E-state index >= 15 is 0 Å². The maximum atomic E-state index is 11.2. The lowest BCUT2D eigenvalue weighted by atomic mass is 9.86. The SMILES string of the molecule is Cc1nc(Cl)c(C=O)c(Nc2ccccc2C(C)(C)C)n1. The third kappa shape index (κ3) is 3.39. The van der Waals surface area contributed by atoms with E-state index < -0.39 is 0 Å². The van der Waals surface area contributed by atoms with Gasteiger partial charge in [-0.2, -0.15) is 0 Å². The first-order valence-electron chi connectivity index (χ1n) is 6.69. The molecule has 0 spiro atoms. The molecule has 0 aliphatic carbocycles. The maximum Gasteiger partial charge on any atom is 0.156 e. The lowest BCUT2D eigenvalue weighted by Crippen LogP contribution is -2.14. The van der Waals surface area contributed by atoms with Crippen LogP contribution in [0.3, 0.4) is 0 Å². The van der Waals surface area contributed by atoms with E-state index in [0.29, 0.717) is 17.9 Å².